The predicted octanol–water partition coefficient (Wildman–Crippen LogP) is 4.38. The van der Waals surface area contributed by atoms with Crippen LogP contribution in [0.3, 0.4) is 0 Å². The van der Waals surface area contributed by atoms with Gasteiger partial charge in [0.15, 0.2) is 0 Å². The van der Waals surface area contributed by atoms with Crippen LogP contribution in [0.1, 0.15) is 31.7 Å². The molecule has 0 fully saturated rings. The van der Waals surface area contributed by atoms with E-state index in [-0.39, 0.29) is 11.4 Å². The molecule has 3 rings (SSSR count). The van der Waals surface area contributed by atoms with Gasteiger partial charge in [-0.05, 0) is 30.5 Å². The molecule has 0 unspecified atom stereocenters. The van der Waals surface area contributed by atoms with Gasteiger partial charge in [-0.25, -0.2) is 4.79 Å². The number of hydrogen-bond acceptors (Lipinski definition) is 3. The van der Waals surface area contributed by atoms with Crippen molar-refractivity contribution in [1.82, 2.24) is 0 Å². The molecule has 0 amide bonds. The van der Waals surface area contributed by atoms with Crippen molar-refractivity contribution in [2.24, 2.45) is 0 Å². The highest BCUT2D eigenvalue weighted by molar-refractivity contribution is 6.06. The second-order valence-electron chi connectivity index (χ2n) is 5.37. The third-order valence-corrected chi connectivity index (χ3v) is 3.84. The Morgan fingerprint density at radius 2 is 1.86 bits per heavy atom. The van der Waals surface area contributed by atoms with Gasteiger partial charge in [-0.15, -0.1) is 0 Å². The molecule has 2 aromatic carbocycles. The number of benzene rings is 2. The van der Waals surface area contributed by atoms with E-state index >= 15 is 0 Å². The summed E-state index contributed by atoms with van der Waals surface area (Å²) in [5, 5.41) is 12.3. The number of aryl methyl sites for hydroxylation is 1. The van der Waals surface area contributed by atoms with E-state index in [1.807, 2.05) is 18.2 Å². The van der Waals surface area contributed by atoms with Crippen LogP contribution in [0.25, 0.3) is 21.7 Å². The van der Waals surface area contributed by atoms with E-state index in [0.29, 0.717) is 11.0 Å². The van der Waals surface area contributed by atoms with Crippen molar-refractivity contribution in [3.8, 4) is 5.75 Å². The molecule has 0 saturated carbocycles. The summed E-state index contributed by atoms with van der Waals surface area (Å²) in [6.07, 6.45) is 4.22. The standard InChI is InChI=1S/C18H18O3/c1-2-3-4-7-12-10-13(19)11-16-17(12)14-8-5-6-9-15(14)18(20)21-16/h5-6,8-11,19H,2-4,7H2,1H3. The van der Waals surface area contributed by atoms with Crippen molar-refractivity contribution in [2.75, 3.05) is 0 Å². The molecule has 1 N–H and O–H groups in total. The Hall–Kier alpha value is -2.29. The molecule has 0 atom stereocenters. The minimum atomic E-state index is -0.358. The maximum atomic E-state index is 12.0. The zero-order chi connectivity index (χ0) is 14.8. The van der Waals surface area contributed by atoms with E-state index in [0.717, 1.165) is 42.0 Å². The van der Waals surface area contributed by atoms with Gasteiger partial charge in [-0.2, -0.15) is 0 Å². The number of hydrogen-bond donors (Lipinski definition) is 1. The molecule has 0 aliphatic rings. The maximum Gasteiger partial charge on any atom is 0.344 e. The monoisotopic (exact) mass is 282 g/mol. The Bertz CT molecular complexity index is 846. The normalized spacial score (nSPS) is 11.3. The van der Waals surface area contributed by atoms with Crippen molar-refractivity contribution >= 4 is 21.7 Å². The molecule has 3 heteroatoms. The molecule has 0 spiro atoms. The van der Waals surface area contributed by atoms with Gasteiger partial charge in [-0.1, -0.05) is 38.0 Å². The van der Waals surface area contributed by atoms with Gasteiger partial charge in [0, 0.05) is 16.8 Å². The van der Waals surface area contributed by atoms with Crippen LogP contribution in [0.15, 0.2) is 45.6 Å². The summed E-state index contributed by atoms with van der Waals surface area (Å²) in [6, 6.07) is 10.8. The molecule has 21 heavy (non-hydrogen) atoms. The molecular formula is C18H18O3. The minimum absolute atomic E-state index is 0.146. The van der Waals surface area contributed by atoms with Crippen LogP contribution in [0.5, 0.6) is 5.75 Å². The summed E-state index contributed by atoms with van der Waals surface area (Å²) in [5.74, 6) is 0.146. The summed E-state index contributed by atoms with van der Waals surface area (Å²) in [5.41, 5.74) is 1.15. The second kappa shape index (κ2) is 5.60. The number of rotatable bonds is 4. The summed E-state index contributed by atoms with van der Waals surface area (Å²) in [7, 11) is 0. The highest BCUT2D eigenvalue weighted by Crippen LogP contribution is 2.30. The molecule has 3 nitrogen and oxygen atoms in total. The van der Waals surface area contributed by atoms with E-state index in [2.05, 4.69) is 6.92 Å². The molecule has 1 heterocycles. The van der Waals surface area contributed by atoms with E-state index in [9.17, 15) is 9.90 Å². The summed E-state index contributed by atoms with van der Waals surface area (Å²) in [4.78, 5) is 12.0. The fourth-order valence-corrected chi connectivity index (χ4v) is 2.84. The average molecular weight is 282 g/mol. The lowest BCUT2D eigenvalue weighted by atomic mass is 9.98. The number of unbranched alkanes of at least 4 members (excludes halogenated alkanes) is 2. The fraction of sp³-hybridized carbons (Fsp3) is 0.278. The molecular weight excluding hydrogens is 264 g/mol. The van der Waals surface area contributed by atoms with Crippen molar-refractivity contribution in [2.45, 2.75) is 32.6 Å². The first-order chi connectivity index (χ1) is 10.2. The smallest absolute Gasteiger partial charge is 0.344 e. The van der Waals surface area contributed by atoms with Crippen molar-refractivity contribution in [3.63, 3.8) is 0 Å². The molecule has 0 radical (unpaired) electrons. The first-order valence-electron chi connectivity index (χ1n) is 7.38. The summed E-state index contributed by atoms with van der Waals surface area (Å²) >= 11 is 0. The molecule has 0 bridgehead atoms. The Morgan fingerprint density at radius 1 is 1.10 bits per heavy atom. The van der Waals surface area contributed by atoms with Crippen LogP contribution in [0.2, 0.25) is 0 Å². The topological polar surface area (TPSA) is 50.4 Å². The van der Waals surface area contributed by atoms with Crippen molar-refractivity contribution in [3.05, 3.63) is 52.4 Å². The van der Waals surface area contributed by atoms with E-state index < -0.39 is 0 Å². The van der Waals surface area contributed by atoms with Crippen LogP contribution in [0, 0.1) is 0 Å². The zero-order valence-corrected chi connectivity index (χ0v) is 12.1. The Balaban J connectivity index is 2.30. The third kappa shape index (κ3) is 2.51. The Morgan fingerprint density at radius 3 is 2.62 bits per heavy atom. The number of fused-ring (bicyclic) bond motifs is 3. The predicted molar refractivity (Wildman–Crippen MR) is 84.9 cm³/mol. The van der Waals surface area contributed by atoms with Gasteiger partial charge in [0.05, 0.1) is 5.39 Å². The van der Waals surface area contributed by atoms with Crippen molar-refractivity contribution < 1.29 is 9.52 Å². The van der Waals surface area contributed by atoms with Gasteiger partial charge < -0.3 is 9.52 Å². The first-order valence-corrected chi connectivity index (χ1v) is 7.38. The molecule has 0 aliphatic carbocycles. The van der Waals surface area contributed by atoms with Gasteiger partial charge in [0.1, 0.15) is 11.3 Å². The largest absolute Gasteiger partial charge is 0.508 e. The van der Waals surface area contributed by atoms with Gasteiger partial charge in [-0.3, -0.25) is 0 Å². The van der Waals surface area contributed by atoms with Gasteiger partial charge in [0.25, 0.3) is 0 Å². The summed E-state index contributed by atoms with van der Waals surface area (Å²) in [6.45, 7) is 2.16. The van der Waals surface area contributed by atoms with Crippen molar-refractivity contribution in [1.29, 1.82) is 0 Å². The van der Waals surface area contributed by atoms with E-state index in [1.165, 1.54) is 6.07 Å². The minimum Gasteiger partial charge on any atom is -0.508 e. The summed E-state index contributed by atoms with van der Waals surface area (Å²) < 4.78 is 5.39. The highest BCUT2D eigenvalue weighted by atomic mass is 16.4. The molecule has 0 aliphatic heterocycles. The van der Waals surface area contributed by atoms with Crippen LogP contribution < -0.4 is 5.63 Å². The average Bonchev–Trinajstić information content (AvgIpc) is 2.47. The number of aromatic hydroxyl groups is 1. The molecule has 108 valence electrons. The van der Waals surface area contributed by atoms with Crippen LogP contribution >= 0.6 is 0 Å². The number of phenolic OH excluding ortho intramolecular Hbond substituents is 1. The maximum absolute atomic E-state index is 12.0. The highest BCUT2D eigenvalue weighted by Gasteiger charge is 2.12. The molecule has 1 aromatic heterocycles. The van der Waals surface area contributed by atoms with Crippen LogP contribution in [-0.2, 0) is 6.42 Å². The Labute approximate surface area is 122 Å². The quantitative estimate of drug-likeness (QED) is 0.439. The number of phenols is 1. The molecule has 0 saturated heterocycles. The lowest BCUT2D eigenvalue weighted by Crippen LogP contribution is -2.01. The molecule has 3 aromatic rings. The Kier molecular flexibility index (Phi) is 3.65. The van der Waals surface area contributed by atoms with Gasteiger partial charge >= 0.3 is 5.63 Å². The third-order valence-electron chi connectivity index (χ3n) is 3.84. The lowest BCUT2D eigenvalue weighted by molar-refractivity contribution is 0.472. The zero-order valence-electron chi connectivity index (χ0n) is 12.1. The van der Waals surface area contributed by atoms with Crippen LogP contribution in [0.4, 0.5) is 0 Å². The van der Waals surface area contributed by atoms with Crippen LogP contribution in [-0.4, -0.2) is 5.11 Å². The first kappa shape index (κ1) is 13.7. The van der Waals surface area contributed by atoms with E-state index in [4.69, 9.17) is 4.42 Å². The SMILES string of the molecule is CCCCCc1cc(O)cc2oc(=O)c3ccccc3c12. The van der Waals surface area contributed by atoms with E-state index in [1.54, 1.807) is 12.1 Å². The fourth-order valence-electron chi connectivity index (χ4n) is 2.84. The lowest BCUT2D eigenvalue weighted by Gasteiger charge is -2.09. The van der Waals surface area contributed by atoms with Gasteiger partial charge in [0.2, 0.25) is 0 Å². The second-order valence-corrected chi connectivity index (χ2v) is 5.37.